The van der Waals surface area contributed by atoms with E-state index < -0.39 is 0 Å². The molecule has 2 aromatic carbocycles. The van der Waals surface area contributed by atoms with Gasteiger partial charge in [0, 0.05) is 5.56 Å². The van der Waals surface area contributed by atoms with Gasteiger partial charge < -0.3 is 24.0 Å². The normalized spacial score (nSPS) is 10.9. The zero-order valence-corrected chi connectivity index (χ0v) is 17.4. The third-order valence-electron chi connectivity index (χ3n) is 4.61. The van der Waals surface area contributed by atoms with Gasteiger partial charge in [-0.2, -0.15) is 4.57 Å². The van der Waals surface area contributed by atoms with Crippen LogP contribution < -0.4 is 28.5 Å². The molecule has 26 heavy (non-hydrogen) atoms. The number of imidazole rings is 1. The van der Waals surface area contributed by atoms with Crippen molar-refractivity contribution in [1.29, 1.82) is 0 Å². The Morgan fingerprint density at radius 1 is 0.885 bits per heavy atom. The zero-order chi connectivity index (χ0) is 17.4. The number of aromatic nitrogens is 3. The highest BCUT2D eigenvalue weighted by atomic mass is 127. The number of aryl methyl sites for hydroxylation is 1. The standard InChI is InChI=1S/C22H22N3.HI/c1-16(2)24-15-25(18-10-5-4-6-11-18)22-21(24)14-13-20(23-22)19-12-8-7-9-17(19)3;/h4-16H,1-3H3;1H/q+1;/p-1. The fourth-order valence-electron chi connectivity index (χ4n) is 3.26. The summed E-state index contributed by atoms with van der Waals surface area (Å²) < 4.78 is 4.45. The number of fused-ring (bicyclic) bond motifs is 1. The molecule has 0 fully saturated rings. The molecule has 0 aliphatic heterocycles. The van der Waals surface area contributed by atoms with Gasteiger partial charge in [-0.15, -0.1) is 0 Å². The predicted molar refractivity (Wildman–Crippen MR) is 102 cm³/mol. The Kier molecular flexibility index (Phi) is 5.41. The first kappa shape index (κ1) is 18.6. The van der Waals surface area contributed by atoms with Crippen LogP contribution in [0.5, 0.6) is 0 Å². The van der Waals surface area contributed by atoms with Crippen LogP contribution in [-0.2, 0) is 0 Å². The molecule has 4 rings (SSSR count). The topological polar surface area (TPSA) is 21.7 Å². The number of benzene rings is 2. The van der Waals surface area contributed by atoms with E-state index in [1.54, 1.807) is 0 Å². The Labute approximate surface area is 171 Å². The zero-order valence-electron chi connectivity index (χ0n) is 15.2. The fourth-order valence-corrected chi connectivity index (χ4v) is 3.26. The van der Waals surface area contributed by atoms with Gasteiger partial charge in [-0.05, 0) is 50.6 Å². The number of pyridine rings is 1. The van der Waals surface area contributed by atoms with Crippen LogP contribution in [0.4, 0.5) is 0 Å². The van der Waals surface area contributed by atoms with Gasteiger partial charge >= 0.3 is 0 Å². The monoisotopic (exact) mass is 455 g/mol. The van der Waals surface area contributed by atoms with Gasteiger partial charge in [0.25, 0.3) is 12.0 Å². The van der Waals surface area contributed by atoms with E-state index in [2.05, 4.69) is 96.9 Å². The van der Waals surface area contributed by atoms with Crippen molar-refractivity contribution < 1.29 is 28.5 Å². The molecule has 2 heterocycles. The van der Waals surface area contributed by atoms with E-state index in [4.69, 9.17) is 4.98 Å². The summed E-state index contributed by atoms with van der Waals surface area (Å²) in [6.07, 6.45) is 2.15. The van der Waals surface area contributed by atoms with Crippen molar-refractivity contribution in [3.63, 3.8) is 0 Å². The lowest BCUT2D eigenvalue weighted by Gasteiger charge is -2.05. The average Bonchev–Trinajstić information content (AvgIpc) is 3.02. The van der Waals surface area contributed by atoms with Gasteiger partial charge in [-0.3, -0.25) is 0 Å². The lowest BCUT2D eigenvalue weighted by molar-refractivity contribution is -0.691. The molecular weight excluding hydrogens is 433 g/mol. The maximum Gasteiger partial charge on any atom is 0.274 e. The van der Waals surface area contributed by atoms with Crippen molar-refractivity contribution in [2.75, 3.05) is 0 Å². The van der Waals surface area contributed by atoms with Gasteiger partial charge in [0.2, 0.25) is 0 Å². The van der Waals surface area contributed by atoms with E-state index in [0.29, 0.717) is 6.04 Å². The highest BCUT2D eigenvalue weighted by Gasteiger charge is 2.21. The fraction of sp³-hybridized carbons (Fsp3) is 0.182. The summed E-state index contributed by atoms with van der Waals surface area (Å²) in [4.78, 5) is 5.03. The average molecular weight is 455 g/mol. The van der Waals surface area contributed by atoms with E-state index in [1.807, 2.05) is 6.07 Å². The van der Waals surface area contributed by atoms with Gasteiger partial charge in [0.15, 0.2) is 5.52 Å². The lowest BCUT2D eigenvalue weighted by atomic mass is 10.1. The van der Waals surface area contributed by atoms with Gasteiger partial charge in [0.1, 0.15) is 5.69 Å². The van der Waals surface area contributed by atoms with Crippen molar-refractivity contribution in [2.24, 2.45) is 0 Å². The Morgan fingerprint density at radius 3 is 2.27 bits per heavy atom. The summed E-state index contributed by atoms with van der Waals surface area (Å²) in [6, 6.07) is 23.5. The second-order valence-electron chi connectivity index (χ2n) is 6.68. The van der Waals surface area contributed by atoms with E-state index in [1.165, 1.54) is 11.1 Å². The Hall–Kier alpha value is -2.21. The van der Waals surface area contributed by atoms with E-state index in [-0.39, 0.29) is 24.0 Å². The number of para-hydroxylation sites is 1. The van der Waals surface area contributed by atoms with Gasteiger partial charge in [0.05, 0.1) is 11.7 Å². The molecule has 0 N–H and O–H groups in total. The number of hydrogen-bond acceptors (Lipinski definition) is 1. The summed E-state index contributed by atoms with van der Waals surface area (Å²) in [5, 5.41) is 0. The lowest BCUT2D eigenvalue weighted by Crippen LogP contribution is -3.00. The molecule has 0 aliphatic rings. The van der Waals surface area contributed by atoms with Crippen LogP contribution >= 0.6 is 0 Å². The molecule has 0 bridgehead atoms. The first-order valence-electron chi connectivity index (χ1n) is 8.70. The Morgan fingerprint density at radius 2 is 1.58 bits per heavy atom. The molecule has 0 spiro atoms. The molecule has 0 atom stereocenters. The van der Waals surface area contributed by atoms with Crippen LogP contribution in [0.3, 0.4) is 0 Å². The molecule has 0 radical (unpaired) electrons. The van der Waals surface area contributed by atoms with Gasteiger partial charge in [-0.1, -0.05) is 42.5 Å². The Bertz CT molecular complexity index is 1040. The first-order chi connectivity index (χ1) is 12.1. The molecule has 132 valence electrons. The second-order valence-corrected chi connectivity index (χ2v) is 6.68. The molecule has 3 nitrogen and oxygen atoms in total. The Balaban J connectivity index is 0.00000196. The third-order valence-corrected chi connectivity index (χ3v) is 4.61. The molecule has 0 aliphatic carbocycles. The third kappa shape index (κ3) is 3.26. The molecule has 0 saturated carbocycles. The number of halogens is 1. The van der Waals surface area contributed by atoms with Crippen LogP contribution in [0.15, 0.2) is 73.1 Å². The van der Waals surface area contributed by atoms with Crippen molar-refractivity contribution in [1.82, 2.24) is 9.55 Å². The number of nitrogens with zero attached hydrogens (tertiary/aromatic N) is 3. The highest BCUT2D eigenvalue weighted by Crippen LogP contribution is 2.24. The minimum Gasteiger partial charge on any atom is -1.00 e. The smallest absolute Gasteiger partial charge is 0.274 e. The maximum atomic E-state index is 5.03. The summed E-state index contributed by atoms with van der Waals surface area (Å²) in [6.45, 7) is 6.53. The number of rotatable bonds is 3. The van der Waals surface area contributed by atoms with Crippen LogP contribution in [0, 0.1) is 6.92 Å². The minimum atomic E-state index is 0. The molecule has 0 unspecified atom stereocenters. The van der Waals surface area contributed by atoms with Crippen molar-refractivity contribution >= 4 is 11.2 Å². The van der Waals surface area contributed by atoms with Crippen molar-refractivity contribution in [2.45, 2.75) is 26.8 Å². The summed E-state index contributed by atoms with van der Waals surface area (Å²) in [5.41, 5.74) is 6.69. The molecule has 2 aromatic heterocycles. The first-order valence-corrected chi connectivity index (χ1v) is 8.70. The van der Waals surface area contributed by atoms with Gasteiger partial charge in [-0.25, -0.2) is 9.55 Å². The highest BCUT2D eigenvalue weighted by molar-refractivity contribution is 5.75. The van der Waals surface area contributed by atoms with Crippen molar-refractivity contribution in [3.05, 3.63) is 78.6 Å². The van der Waals surface area contributed by atoms with E-state index >= 15 is 0 Å². The second kappa shape index (κ2) is 7.58. The van der Waals surface area contributed by atoms with Crippen molar-refractivity contribution in [3.8, 4) is 16.9 Å². The predicted octanol–water partition coefficient (Wildman–Crippen LogP) is 1.87. The minimum absolute atomic E-state index is 0. The SMILES string of the molecule is Cc1ccccc1-c1ccc2c(n1)n(-c1ccccc1)c[n+]2C(C)C.[I-]. The van der Waals surface area contributed by atoms with Crippen LogP contribution in [-0.4, -0.2) is 9.55 Å². The molecule has 4 aromatic rings. The molecular formula is C22H22IN3. The van der Waals surface area contributed by atoms with Crippen LogP contribution in [0.25, 0.3) is 28.1 Å². The molecule has 0 amide bonds. The van der Waals surface area contributed by atoms with E-state index in [0.717, 1.165) is 22.5 Å². The maximum absolute atomic E-state index is 5.03. The number of hydrogen-bond donors (Lipinski definition) is 0. The largest absolute Gasteiger partial charge is 1.00 e. The van der Waals surface area contributed by atoms with Crippen LogP contribution in [0.2, 0.25) is 0 Å². The summed E-state index contributed by atoms with van der Waals surface area (Å²) in [5.74, 6) is 0. The molecule has 4 heteroatoms. The van der Waals surface area contributed by atoms with Crippen LogP contribution in [0.1, 0.15) is 25.5 Å². The van der Waals surface area contributed by atoms with E-state index in [9.17, 15) is 0 Å². The summed E-state index contributed by atoms with van der Waals surface area (Å²) in [7, 11) is 0. The summed E-state index contributed by atoms with van der Waals surface area (Å²) >= 11 is 0. The quantitative estimate of drug-likeness (QED) is 0.342. The molecule has 0 saturated heterocycles.